The lowest BCUT2D eigenvalue weighted by molar-refractivity contribution is 0.669. The fraction of sp³-hybridized carbons (Fsp3) is 0. The van der Waals surface area contributed by atoms with Gasteiger partial charge in [-0.1, -0.05) is 127 Å². The number of hydrogen-bond acceptors (Lipinski definition) is 3. The minimum Gasteiger partial charge on any atom is -0.456 e. The SMILES string of the molecule is c1ccc(-n2c3ccccc3c3ccc(N(c4ccc(-c5ccc6c(c5)oc5ccccc56)cc4)c4ccc(-c5cccc6c5oc5ccccc56)cc4)cc32)cc1. The summed E-state index contributed by atoms with van der Waals surface area (Å²) < 4.78 is 15.1. The van der Waals surface area contributed by atoms with Crippen molar-refractivity contribution in [3.05, 3.63) is 206 Å². The predicted molar refractivity (Wildman–Crippen MR) is 241 cm³/mol. The van der Waals surface area contributed by atoms with Gasteiger partial charge in [-0.25, -0.2) is 0 Å². The van der Waals surface area contributed by atoms with E-state index in [0.717, 1.165) is 94.4 Å². The first-order valence-electron chi connectivity index (χ1n) is 19.7. The van der Waals surface area contributed by atoms with Gasteiger partial charge in [0.05, 0.1) is 11.0 Å². The number of furan rings is 2. The van der Waals surface area contributed by atoms with E-state index in [4.69, 9.17) is 8.83 Å². The Morgan fingerprint density at radius 3 is 1.66 bits per heavy atom. The highest BCUT2D eigenvalue weighted by Gasteiger charge is 2.19. The molecule has 0 aliphatic rings. The number of nitrogens with zero attached hydrogens (tertiary/aromatic N) is 2. The third-order valence-corrected chi connectivity index (χ3v) is 11.6. The van der Waals surface area contributed by atoms with Crippen molar-refractivity contribution < 1.29 is 8.83 Å². The number of para-hydroxylation sites is 5. The summed E-state index contributed by atoms with van der Waals surface area (Å²) in [6.07, 6.45) is 0. The van der Waals surface area contributed by atoms with E-state index in [1.54, 1.807) is 0 Å². The van der Waals surface area contributed by atoms with Gasteiger partial charge >= 0.3 is 0 Å². The summed E-state index contributed by atoms with van der Waals surface area (Å²) in [4.78, 5) is 2.35. The third-order valence-electron chi connectivity index (χ3n) is 11.6. The lowest BCUT2D eigenvalue weighted by Gasteiger charge is -2.26. The van der Waals surface area contributed by atoms with Gasteiger partial charge in [0.25, 0.3) is 0 Å². The number of anilines is 3. The molecule has 0 aliphatic heterocycles. The Morgan fingerprint density at radius 2 is 0.879 bits per heavy atom. The first-order chi connectivity index (χ1) is 28.7. The first-order valence-corrected chi connectivity index (χ1v) is 19.7. The number of hydrogen-bond donors (Lipinski definition) is 0. The van der Waals surface area contributed by atoms with Crippen molar-refractivity contribution >= 4 is 82.7 Å². The smallest absolute Gasteiger partial charge is 0.143 e. The molecule has 0 saturated carbocycles. The van der Waals surface area contributed by atoms with Crippen LogP contribution in [0.25, 0.3) is 93.6 Å². The minimum atomic E-state index is 0.893. The Hall–Kier alpha value is -7.82. The van der Waals surface area contributed by atoms with Crippen LogP contribution in [-0.2, 0) is 0 Å². The van der Waals surface area contributed by atoms with Crippen LogP contribution in [0.2, 0.25) is 0 Å². The van der Waals surface area contributed by atoms with Crippen molar-refractivity contribution in [2.75, 3.05) is 4.90 Å². The van der Waals surface area contributed by atoms with E-state index >= 15 is 0 Å². The van der Waals surface area contributed by atoms with E-state index in [1.165, 1.54) is 16.3 Å². The van der Waals surface area contributed by atoms with Gasteiger partial charge in [-0.15, -0.1) is 0 Å². The van der Waals surface area contributed by atoms with Gasteiger partial charge in [-0.05, 0) is 95.6 Å². The fourth-order valence-electron chi connectivity index (χ4n) is 8.87. The molecule has 272 valence electrons. The van der Waals surface area contributed by atoms with Crippen molar-refractivity contribution in [2.24, 2.45) is 0 Å². The van der Waals surface area contributed by atoms with Crippen LogP contribution >= 0.6 is 0 Å². The average molecular weight is 743 g/mol. The summed E-state index contributed by atoms with van der Waals surface area (Å²) in [6.45, 7) is 0. The van der Waals surface area contributed by atoms with Crippen LogP contribution < -0.4 is 4.90 Å². The summed E-state index contributed by atoms with van der Waals surface area (Å²) in [5.74, 6) is 0. The van der Waals surface area contributed by atoms with Crippen molar-refractivity contribution in [1.82, 2.24) is 4.57 Å². The normalized spacial score (nSPS) is 11.8. The van der Waals surface area contributed by atoms with Crippen LogP contribution in [-0.4, -0.2) is 4.57 Å². The molecule has 0 N–H and O–H groups in total. The van der Waals surface area contributed by atoms with E-state index in [-0.39, 0.29) is 0 Å². The Labute approximate surface area is 334 Å². The molecule has 0 spiro atoms. The highest BCUT2D eigenvalue weighted by Crippen LogP contribution is 2.42. The van der Waals surface area contributed by atoms with Gasteiger partial charge in [0.1, 0.15) is 22.3 Å². The van der Waals surface area contributed by atoms with Gasteiger partial charge in [0, 0.05) is 60.6 Å². The van der Waals surface area contributed by atoms with Crippen molar-refractivity contribution in [1.29, 1.82) is 0 Å². The highest BCUT2D eigenvalue weighted by molar-refractivity contribution is 6.11. The number of aromatic nitrogens is 1. The molecule has 12 rings (SSSR count). The van der Waals surface area contributed by atoms with Gasteiger partial charge < -0.3 is 18.3 Å². The van der Waals surface area contributed by atoms with Gasteiger partial charge in [-0.2, -0.15) is 0 Å². The zero-order valence-electron chi connectivity index (χ0n) is 31.3. The number of benzene rings is 9. The second-order valence-electron chi connectivity index (χ2n) is 14.9. The van der Waals surface area contributed by atoms with Crippen molar-refractivity contribution in [3.63, 3.8) is 0 Å². The zero-order chi connectivity index (χ0) is 38.2. The second kappa shape index (κ2) is 12.9. The molecular weight excluding hydrogens is 709 g/mol. The average Bonchev–Trinajstić information content (AvgIpc) is 3.96. The molecule has 9 aromatic carbocycles. The van der Waals surface area contributed by atoms with Crippen LogP contribution in [0.15, 0.2) is 215 Å². The number of fused-ring (bicyclic) bond motifs is 9. The lowest BCUT2D eigenvalue weighted by Crippen LogP contribution is -2.10. The topological polar surface area (TPSA) is 34.5 Å². The van der Waals surface area contributed by atoms with Crippen LogP contribution in [0.3, 0.4) is 0 Å². The fourth-order valence-corrected chi connectivity index (χ4v) is 8.87. The summed E-state index contributed by atoms with van der Waals surface area (Å²) in [6, 6.07) is 73.3. The summed E-state index contributed by atoms with van der Waals surface area (Å²) in [5.41, 5.74) is 14.7. The van der Waals surface area contributed by atoms with Crippen molar-refractivity contribution in [3.8, 4) is 27.9 Å². The van der Waals surface area contributed by atoms with Crippen LogP contribution in [0.1, 0.15) is 0 Å². The summed E-state index contributed by atoms with van der Waals surface area (Å²) in [7, 11) is 0. The van der Waals surface area contributed by atoms with E-state index in [9.17, 15) is 0 Å². The molecule has 0 fully saturated rings. The highest BCUT2D eigenvalue weighted by atomic mass is 16.3. The van der Waals surface area contributed by atoms with Gasteiger partial charge in [-0.3, -0.25) is 0 Å². The molecule has 0 saturated heterocycles. The lowest BCUT2D eigenvalue weighted by atomic mass is 10.0. The number of rotatable bonds is 6. The Kier molecular flexibility index (Phi) is 7.20. The second-order valence-corrected chi connectivity index (χ2v) is 14.9. The molecule has 4 heteroatoms. The summed E-state index contributed by atoms with van der Waals surface area (Å²) >= 11 is 0. The monoisotopic (exact) mass is 742 g/mol. The quantitative estimate of drug-likeness (QED) is 0.170. The van der Waals surface area contributed by atoms with E-state index in [2.05, 4.69) is 191 Å². The van der Waals surface area contributed by atoms with E-state index in [0.29, 0.717) is 0 Å². The maximum absolute atomic E-state index is 6.44. The maximum atomic E-state index is 6.44. The molecule has 0 amide bonds. The minimum absolute atomic E-state index is 0.893. The van der Waals surface area contributed by atoms with E-state index in [1.807, 2.05) is 24.3 Å². The largest absolute Gasteiger partial charge is 0.456 e. The molecule has 4 nitrogen and oxygen atoms in total. The van der Waals surface area contributed by atoms with Gasteiger partial charge in [0.2, 0.25) is 0 Å². The van der Waals surface area contributed by atoms with Crippen LogP contribution in [0, 0.1) is 0 Å². The predicted octanol–water partition coefficient (Wildman–Crippen LogP) is 15.4. The molecule has 58 heavy (non-hydrogen) atoms. The Balaban J connectivity index is 1.00. The van der Waals surface area contributed by atoms with Crippen molar-refractivity contribution in [2.45, 2.75) is 0 Å². The van der Waals surface area contributed by atoms with Gasteiger partial charge in [0.15, 0.2) is 0 Å². The van der Waals surface area contributed by atoms with Crippen LogP contribution in [0.5, 0.6) is 0 Å². The molecule has 3 heterocycles. The molecule has 0 atom stereocenters. The molecule has 0 bridgehead atoms. The molecule has 0 radical (unpaired) electrons. The molecule has 3 aromatic heterocycles. The molecular formula is C54H34N2O2. The third kappa shape index (κ3) is 5.09. The summed E-state index contributed by atoms with van der Waals surface area (Å²) in [5, 5.41) is 6.97. The standard InChI is InChI=1S/C54H34N2O2/c1-2-11-38(12-3-1)56-49-18-7-4-13-43(49)44-32-30-41(34-50(44)56)55(39-26-21-35(22-27-39)37-25-31-47-45-14-5-8-19-51(45)57-53(47)33-37)40-28-23-36(24-29-40)42-16-10-17-48-46-15-6-9-20-52(46)58-54(42)48/h1-34H. The Bertz CT molecular complexity index is 3500. The zero-order valence-corrected chi connectivity index (χ0v) is 31.3. The molecule has 12 aromatic rings. The van der Waals surface area contributed by atoms with Crippen LogP contribution in [0.4, 0.5) is 17.1 Å². The molecule has 0 unspecified atom stereocenters. The molecule has 0 aliphatic carbocycles. The van der Waals surface area contributed by atoms with E-state index < -0.39 is 0 Å². The Morgan fingerprint density at radius 1 is 0.328 bits per heavy atom. The maximum Gasteiger partial charge on any atom is 0.143 e. The first kappa shape index (κ1) is 32.4.